The lowest BCUT2D eigenvalue weighted by atomic mass is 10.1. The minimum Gasteiger partial charge on any atom is -0.330 e. The van der Waals surface area contributed by atoms with Gasteiger partial charge in [-0.1, -0.05) is 12.1 Å². The van der Waals surface area contributed by atoms with Gasteiger partial charge in [0.05, 0.1) is 5.69 Å². The molecule has 104 valence electrons. The number of thiazole rings is 1. The molecule has 0 aliphatic rings. The predicted molar refractivity (Wildman–Crippen MR) is 77.4 cm³/mol. The molecule has 1 aromatic carbocycles. The molecule has 2 N–H and O–H groups in total. The van der Waals surface area contributed by atoms with Gasteiger partial charge in [0.2, 0.25) is 4.96 Å². The summed E-state index contributed by atoms with van der Waals surface area (Å²) < 4.78 is 14.7. The van der Waals surface area contributed by atoms with E-state index in [1.54, 1.807) is 23.5 Å². The molecule has 3 rings (SSSR count). The Morgan fingerprint density at radius 3 is 2.70 bits per heavy atom. The van der Waals surface area contributed by atoms with Crippen molar-refractivity contribution in [2.75, 3.05) is 6.54 Å². The van der Waals surface area contributed by atoms with Gasteiger partial charge in [-0.25, -0.2) is 13.9 Å². The summed E-state index contributed by atoms with van der Waals surface area (Å²) in [5, 5.41) is 6.56. The van der Waals surface area contributed by atoms with E-state index in [-0.39, 0.29) is 5.82 Å². The molecule has 0 amide bonds. The van der Waals surface area contributed by atoms with E-state index < -0.39 is 0 Å². The summed E-state index contributed by atoms with van der Waals surface area (Å²) in [6.07, 6.45) is 2.37. The van der Waals surface area contributed by atoms with Crippen LogP contribution in [0.4, 0.5) is 4.39 Å². The molecule has 0 atom stereocenters. The molecule has 0 fully saturated rings. The number of nitrogens with zero attached hydrogens (tertiary/aromatic N) is 3. The number of fused-ring (bicyclic) bond motifs is 1. The van der Waals surface area contributed by atoms with Gasteiger partial charge >= 0.3 is 0 Å². The number of aromatic nitrogens is 3. The molecule has 0 aliphatic carbocycles. The third-order valence-electron chi connectivity index (χ3n) is 3.14. The molecule has 0 bridgehead atoms. The Kier molecular flexibility index (Phi) is 3.75. The number of nitrogens with two attached hydrogens (primary N) is 1. The van der Waals surface area contributed by atoms with Gasteiger partial charge in [-0.2, -0.15) is 5.10 Å². The third kappa shape index (κ3) is 2.71. The van der Waals surface area contributed by atoms with Crippen molar-refractivity contribution in [2.45, 2.75) is 19.3 Å². The summed E-state index contributed by atoms with van der Waals surface area (Å²) in [6, 6.07) is 6.56. The first-order valence-electron chi connectivity index (χ1n) is 6.53. The van der Waals surface area contributed by atoms with Crippen LogP contribution in [0, 0.1) is 5.82 Å². The molecular formula is C14H15FN4S. The number of rotatable bonds is 5. The third-order valence-corrected chi connectivity index (χ3v) is 4.01. The minimum atomic E-state index is -0.208. The van der Waals surface area contributed by atoms with Gasteiger partial charge in [-0.05, 0) is 30.7 Å². The first kappa shape index (κ1) is 13.2. The molecule has 0 saturated carbocycles. The highest BCUT2D eigenvalue weighted by atomic mass is 32.1. The number of hydrogen-bond donors (Lipinski definition) is 1. The lowest BCUT2D eigenvalue weighted by Gasteiger charge is -1.98. The molecule has 20 heavy (non-hydrogen) atoms. The Morgan fingerprint density at radius 1 is 1.15 bits per heavy atom. The van der Waals surface area contributed by atoms with Gasteiger partial charge < -0.3 is 5.73 Å². The van der Waals surface area contributed by atoms with Crippen LogP contribution in [0.25, 0.3) is 4.96 Å². The Hall–Kier alpha value is -1.79. The zero-order valence-corrected chi connectivity index (χ0v) is 11.7. The van der Waals surface area contributed by atoms with Crippen LogP contribution in [0.15, 0.2) is 29.6 Å². The summed E-state index contributed by atoms with van der Waals surface area (Å²) >= 11 is 1.58. The van der Waals surface area contributed by atoms with Crippen LogP contribution >= 0.6 is 11.3 Å². The molecule has 4 nitrogen and oxygen atoms in total. The van der Waals surface area contributed by atoms with Crippen molar-refractivity contribution in [1.29, 1.82) is 0 Å². The zero-order chi connectivity index (χ0) is 13.9. The van der Waals surface area contributed by atoms with Crippen LogP contribution in [0.3, 0.4) is 0 Å². The fraction of sp³-hybridized carbons (Fsp3) is 0.286. The molecule has 2 aromatic heterocycles. The summed E-state index contributed by atoms with van der Waals surface area (Å²) in [7, 11) is 0. The van der Waals surface area contributed by atoms with Crippen molar-refractivity contribution in [1.82, 2.24) is 14.6 Å². The van der Waals surface area contributed by atoms with Crippen LogP contribution in [0.1, 0.15) is 17.1 Å². The standard InChI is InChI=1S/C14H15FN4S/c15-11-4-1-10(2-5-11)3-6-13-17-14-19(18-13)12(7-8-16)9-20-14/h1-2,4-5,9H,3,6-8,16H2. The van der Waals surface area contributed by atoms with Crippen molar-refractivity contribution in [3.63, 3.8) is 0 Å². The quantitative estimate of drug-likeness (QED) is 0.784. The molecular weight excluding hydrogens is 275 g/mol. The van der Waals surface area contributed by atoms with Crippen molar-refractivity contribution in [3.05, 3.63) is 52.5 Å². The largest absolute Gasteiger partial charge is 0.330 e. The van der Waals surface area contributed by atoms with E-state index in [9.17, 15) is 4.39 Å². The highest BCUT2D eigenvalue weighted by Crippen LogP contribution is 2.15. The average molecular weight is 290 g/mol. The molecule has 2 heterocycles. The number of aryl methyl sites for hydroxylation is 2. The second-order valence-corrected chi connectivity index (χ2v) is 5.45. The van der Waals surface area contributed by atoms with Crippen LogP contribution in [-0.4, -0.2) is 21.1 Å². The van der Waals surface area contributed by atoms with E-state index in [1.807, 2.05) is 9.90 Å². The summed E-state index contributed by atoms with van der Waals surface area (Å²) in [5.74, 6) is 0.611. The van der Waals surface area contributed by atoms with Crippen LogP contribution < -0.4 is 5.73 Å². The maximum atomic E-state index is 12.8. The van der Waals surface area contributed by atoms with Gasteiger partial charge in [-0.15, -0.1) is 11.3 Å². The molecule has 0 aliphatic heterocycles. The van der Waals surface area contributed by atoms with Gasteiger partial charge in [0.15, 0.2) is 5.82 Å². The predicted octanol–water partition coefficient (Wildman–Crippen LogP) is 2.22. The lowest BCUT2D eigenvalue weighted by molar-refractivity contribution is 0.627. The van der Waals surface area contributed by atoms with E-state index >= 15 is 0 Å². The van der Waals surface area contributed by atoms with E-state index in [0.717, 1.165) is 41.3 Å². The van der Waals surface area contributed by atoms with E-state index in [1.165, 1.54) is 12.1 Å². The molecule has 0 spiro atoms. The average Bonchev–Trinajstić information content (AvgIpc) is 3.00. The molecule has 0 radical (unpaired) electrons. The topological polar surface area (TPSA) is 56.2 Å². The highest BCUT2D eigenvalue weighted by molar-refractivity contribution is 7.15. The van der Waals surface area contributed by atoms with Gasteiger partial charge in [0.1, 0.15) is 5.82 Å². The number of benzene rings is 1. The first-order chi connectivity index (χ1) is 9.76. The summed E-state index contributed by atoms with van der Waals surface area (Å²) in [6.45, 7) is 0.608. The smallest absolute Gasteiger partial charge is 0.212 e. The minimum absolute atomic E-state index is 0.208. The van der Waals surface area contributed by atoms with Gasteiger partial charge in [-0.3, -0.25) is 0 Å². The van der Waals surface area contributed by atoms with E-state index in [2.05, 4.69) is 10.1 Å². The molecule has 3 aromatic rings. The van der Waals surface area contributed by atoms with Gasteiger partial charge in [0, 0.05) is 18.2 Å². The van der Waals surface area contributed by atoms with Crippen molar-refractivity contribution in [2.24, 2.45) is 5.73 Å². The maximum absolute atomic E-state index is 12.8. The van der Waals surface area contributed by atoms with Crippen LogP contribution in [0.5, 0.6) is 0 Å². The summed E-state index contributed by atoms with van der Waals surface area (Å²) in [4.78, 5) is 5.41. The second-order valence-electron chi connectivity index (χ2n) is 4.61. The van der Waals surface area contributed by atoms with Crippen molar-refractivity contribution >= 4 is 16.3 Å². The van der Waals surface area contributed by atoms with E-state index in [4.69, 9.17) is 5.73 Å². The second kappa shape index (κ2) is 5.68. The SMILES string of the molecule is NCCc1csc2nc(CCc3ccc(F)cc3)nn12. The Labute approximate surface area is 120 Å². The molecule has 6 heteroatoms. The number of hydrogen-bond acceptors (Lipinski definition) is 4. The maximum Gasteiger partial charge on any atom is 0.212 e. The fourth-order valence-electron chi connectivity index (χ4n) is 2.10. The molecule has 0 unspecified atom stereocenters. The van der Waals surface area contributed by atoms with Crippen molar-refractivity contribution < 1.29 is 4.39 Å². The zero-order valence-electron chi connectivity index (χ0n) is 10.9. The van der Waals surface area contributed by atoms with Crippen molar-refractivity contribution in [3.8, 4) is 0 Å². The Bertz CT molecular complexity index is 702. The number of halogens is 1. The normalized spacial score (nSPS) is 11.3. The Morgan fingerprint density at radius 2 is 1.95 bits per heavy atom. The van der Waals surface area contributed by atoms with E-state index in [0.29, 0.717) is 6.54 Å². The highest BCUT2D eigenvalue weighted by Gasteiger charge is 2.09. The lowest BCUT2D eigenvalue weighted by Crippen LogP contribution is -2.05. The van der Waals surface area contributed by atoms with Crippen LogP contribution in [0.2, 0.25) is 0 Å². The molecule has 0 saturated heterocycles. The van der Waals surface area contributed by atoms with Crippen LogP contribution in [-0.2, 0) is 19.3 Å². The first-order valence-corrected chi connectivity index (χ1v) is 7.41. The Balaban J connectivity index is 1.72. The summed E-state index contributed by atoms with van der Waals surface area (Å²) in [5.41, 5.74) is 7.77. The fourth-order valence-corrected chi connectivity index (χ4v) is 2.97. The van der Waals surface area contributed by atoms with Gasteiger partial charge in [0.25, 0.3) is 0 Å². The monoisotopic (exact) mass is 290 g/mol.